The van der Waals surface area contributed by atoms with Gasteiger partial charge in [-0.25, -0.2) is 0 Å². The van der Waals surface area contributed by atoms with Crippen LogP contribution < -0.4 is 41.5 Å². The minimum atomic E-state index is -2.08. The van der Waals surface area contributed by atoms with Crippen LogP contribution in [0.5, 0.6) is 0 Å². The van der Waals surface area contributed by atoms with Gasteiger partial charge in [0.05, 0.1) is 11.4 Å². The Kier molecular flexibility index (Phi) is 8.33. The zero-order valence-corrected chi connectivity index (χ0v) is 37.3. The lowest BCUT2D eigenvalue weighted by molar-refractivity contribution is 0.589. The first-order chi connectivity index (χ1) is 28.1. The maximum Gasteiger partial charge on any atom is 0.252 e. The van der Waals surface area contributed by atoms with Gasteiger partial charge in [0.25, 0.3) is 6.71 Å². The molecular weight excluding hydrogens is 730 g/mol. The second-order valence-electron chi connectivity index (χ2n) is 19.6. The first-order valence-corrected chi connectivity index (χ1v) is 24.3. The number of rotatable bonds is 4. The van der Waals surface area contributed by atoms with E-state index >= 15 is 0 Å². The third-order valence-electron chi connectivity index (χ3n) is 13.3. The molecule has 3 heterocycles. The number of anilines is 9. The maximum absolute atomic E-state index is 2.66. The average Bonchev–Trinajstić information content (AvgIpc) is 3.20. The van der Waals surface area contributed by atoms with Crippen LogP contribution in [-0.4, -0.2) is 14.8 Å². The van der Waals surface area contributed by atoms with Crippen molar-refractivity contribution in [1.82, 2.24) is 0 Å². The van der Waals surface area contributed by atoms with Gasteiger partial charge in [-0.3, -0.25) is 0 Å². The van der Waals surface area contributed by atoms with Crippen molar-refractivity contribution < 1.29 is 0 Å². The van der Waals surface area contributed by atoms with E-state index in [1.165, 1.54) is 83.1 Å². The monoisotopic (exact) mass is 783 g/mol. The molecule has 3 aliphatic heterocycles. The van der Waals surface area contributed by atoms with E-state index in [1.807, 2.05) is 0 Å². The molecule has 0 atom stereocenters. The predicted molar refractivity (Wildman–Crippen MR) is 259 cm³/mol. The number of hydrogen-bond acceptors (Lipinski definition) is 3. The molecule has 10 rings (SSSR count). The van der Waals surface area contributed by atoms with Gasteiger partial charge < -0.3 is 14.7 Å². The van der Waals surface area contributed by atoms with Gasteiger partial charge in [0.1, 0.15) is 8.07 Å². The zero-order valence-electron chi connectivity index (χ0n) is 36.3. The fourth-order valence-corrected chi connectivity index (χ4v) is 13.3. The Morgan fingerprint density at radius 3 is 1.59 bits per heavy atom. The van der Waals surface area contributed by atoms with E-state index in [2.05, 4.69) is 229 Å². The number of nitrogens with zero attached hydrogens (tertiary/aromatic N) is 3. The first kappa shape index (κ1) is 37.5. The van der Waals surface area contributed by atoms with E-state index in [4.69, 9.17) is 0 Å². The topological polar surface area (TPSA) is 9.72 Å². The third kappa shape index (κ3) is 5.68. The lowest BCUT2D eigenvalue weighted by Crippen LogP contribution is -2.67. The quantitative estimate of drug-likeness (QED) is 0.165. The van der Waals surface area contributed by atoms with E-state index < -0.39 is 8.07 Å². The molecule has 3 nitrogen and oxygen atoms in total. The van der Waals surface area contributed by atoms with Gasteiger partial charge in [0.15, 0.2) is 0 Å². The van der Waals surface area contributed by atoms with Crippen LogP contribution in [0.2, 0.25) is 13.1 Å². The summed E-state index contributed by atoms with van der Waals surface area (Å²) in [6.45, 7) is 23.8. The summed E-state index contributed by atoms with van der Waals surface area (Å²) < 4.78 is 0. The fraction of sp³-hybridized carbons (Fsp3) is 0.222. The van der Waals surface area contributed by atoms with E-state index in [0.717, 1.165) is 17.1 Å². The molecule has 0 aliphatic carbocycles. The molecule has 3 aliphatic rings. The van der Waals surface area contributed by atoms with Crippen LogP contribution in [-0.2, 0) is 10.8 Å². The number of hydrogen-bond donors (Lipinski definition) is 0. The Morgan fingerprint density at radius 1 is 0.458 bits per heavy atom. The van der Waals surface area contributed by atoms with Crippen molar-refractivity contribution >= 4 is 92.7 Å². The maximum atomic E-state index is 2.66. The van der Waals surface area contributed by atoms with E-state index in [1.54, 1.807) is 0 Å². The smallest absolute Gasteiger partial charge is 0.252 e. The molecule has 0 aromatic heterocycles. The van der Waals surface area contributed by atoms with E-state index in [0.29, 0.717) is 0 Å². The number of fused-ring (bicyclic) bond motifs is 6. The van der Waals surface area contributed by atoms with Gasteiger partial charge in [-0.05, 0) is 122 Å². The minimum Gasteiger partial charge on any atom is -0.312 e. The molecule has 0 fully saturated rings. The molecule has 0 N–H and O–H groups in total. The summed E-state index contributed by atoms with van der Waals surface area (Å²) in [7, 11) is -2.08. The number of para-hydroxylation sites is 4. The van der Waals surface area contributed by atoms with Crippen molar-refractivity contribution in [2.24, 2.45) is 0 Å². The molecule has 292 valence electrons. The highest BCUT2D eigenvalue weighted by Crippen LogP contribution is 2.50. The molecular formula is C54H54BN3Si. The Morgan fingerprint density at radius 2 is 1.00 bits per heavy atom. The number of aryl methyl sites for hydroxylation is 2. The average molecular weight is 784 g/mol. The standard InChI is InChI=1S/C54H54BN3Si/c1-35-30-38(54(6,7)8)31-36(2)51(35)57-44-29-28-37(53(3,4)5)32-43(44)55-42-24-19-27-49-52(42)58(45-25-17-18-26-48(45)59(49,9)10)47-34-41(33-46(57)50(47)55)56(39-20-13-11-14-21-39)40-22-15-12-16-23-40/h11-34H,1-10H3. The van der Waals surface area contributed by atoms with Crippen LogP contribution in [0.1, 0.15) is 63.8 Å². The van der Waals surface area contributed by atoms with Crippen LogP contribution in [0.25, 0.3) is 0 Å². The highest BCUT2D eigenvalue weighted by Gasteiger charge is 2.49. The molecule has 0 radical (unpaired) electrons. The molecule has 5 heteroatoms. The first-order valence-electron chi connectivity index (χ1n) is 21.3. The lowest BCUT2D eigenvalue weighted by atomic mass is 9.33. The van der Waals surface area contributed by atoms with Gasteiger partial charge in [-0.1, -0.05) is 152 Å². The second kappa shape index (κ2) is 13.1. The molecule has 0 amide bonds. The van der Waals surface area contributed by atoms with Crippen molar-refractivity contribution in [3.63, 3.8) is 0 Å². The van der Waals surface area contributed by atoms with Crippen LogP contribution in [0.15, 0.2) is 146 Å². The lowest BCUT2D eigenvalue weighted by Gasteiger charge is -2.50. The van der Waals surface area contributed by atoms with Gasteiger partial charge in [0, 0.05) is 39.8 Å². The van der Waals surface area contributed by atoms with Crippen molar-refractivity contribution in [3.05, 3.63) is 168 Å². The summed E-state index contributed by atoms with van der Waals surface area (Å²) in [5.41, 5.74) is 20.6. The third-order valence-corrected chi connectivity index (χ3v) is 16.8. The molecule has 7 aromatic rings. The van der Waals surface area contributed by atoms with Crippen LogP contribution >= 0.6 is 0 Å². The Balaban J connectivity index is 1.38. The Bertz CT molecular complexity index is 2750. The normalized spacial score (nSPS) is 14.6. The molecule has 7 aromatic carbocycles. The van der Waals surface area contributed by atoms with Gasteiger partial charge in [-0.2, -0.15) is 0 Å². The second-order valence-corrected chi connectivity index (χ2v) is 24.0. The van der Waals surface area contributed by atoms with Gasteiger partial charge in [-0.15, -0.1) is 0 Å². The highest BCUT2D eigenvalue weighted by molar-refractivity contribution is 7.05. The highest BCUT2D eigenvalue weighted by atomic mass is 28.3. The Labute approximate surface area is 353 Å². The SMILES string of the molecule is Cc1cc(C(C)(C)C)cc(C)c1N1c2ccc(C(C)(C)C)cc2B2c3cccc4c3N(c3ccccc3[Si]4(C)C)c3cc(N(c4ccccc4)c4ccccc4)cc1c32. The van der Waals surface area contributed by atoms with E-state index in [9.17, 15) is 0 Å². The Hall–Kier alpha value is -5.78. The van der Waals surface area contributed by atoms with E-state index in [-0.39, 0.29) is 17.5 Å². The van der Waals surface area contributed by atoms with Crippen LogP contribution in [0, 0.1) is 13.8 Å². The predicted octanol–water partition coefficient (Wildman–Crippen LogP) is 11.6. The summed E-state index contributed by atoms with van der Waals surface area (Å²) in [5.74, 6) is 0. The fourth-order valence-electron chi connectivity index (χ4n) is 10.3. The summed E-state index contributed by atoms with van der Waals surface area (Å²) in [6.07, 6.45) is 0. The molecule has 0 spiro atoms. The summed E-state index contributed by atoms with van der Waals surface area (Å²) >= 11 is 0. The molecule has 0 saturated heterocycles. The molecule has 0 saturated carbocycles. The van der Waals surface area contributed by atoms with Crippen molar-refractivity contribution in [2.75, 3.05) is 14.7 Å². The largest absolute Gasteiger partial charge is 0.312 e. The molecule has 0 unspecified atom stereocenters. The molecule has 0 bridgehead atoms. The zero-order chi connectivity index (χ0) is 41.2. The van der Waals surface area contributed by atoms with Crippen LogP contribution in [0.3, 0.4) is 0 Å². The van der Waals surface area contributed by atoms with Crippen molar-refractivity contribution in [1.29, 1.82) is 0 Å². The molecule has 59 heavy (non-hydrogen) atoms. The van der Waals surface area contributed by atoms with Crippen molar-refractivity contribution in [3.8, 4) is 0 Å². The summed E-state index contributed by atoms with van der Waals surface area (Å²) in [4.78, 5) is 7.74. The van der Waals surface area contributed by atoms with Crippen LogP contribution in [0.4, 0.5) is 51.2 Å². The summed E-state index contributed by atoms with van der Waals surface area (Å²) in [6, 6.07) is 55.5. The summed E-state index contributed by atoms with van der Waals surface area (Å²) in [5, 5.41) is 2.99. The van der Waals surface area contributed by atoms with Gasteiger partial charge in [0.2, 0.25) is 0 Å². The number of benzene rings is 7. The van der Waals surface area contributed by atoms with Gasteiger partial charge >= 0.3 is 0 Å². The van der Waals surface area contributed by atoms with Crippen molar-refractivity contribution in [2.45, 2.75) is 79.3 Å². The minimum absolute atomic E-state index is 0.0104.